The number of hydrogen-bond acceptors (Lipinski definition) is 2. The Morgan fingerprint density at radius 1 is 1.50 bits per heavy atom. The molecular weight excluding hydrogens is 231 g/mol. The van der Waals surface area contributed by atoms with Gasteiger partial charge in [-0.15, -0.1) is 12.4 Å². The first kappa shape index (κ1) is 14.9. The summed E-state index contributed by atoms with van der Waals surface area (Å²) in [5, 5.41) is 2.66. The predicted octanol–water partition coefficient (Wildman–Crippen LogP) is 1.63. The molecule has 0 radical (unpaired) electrons. The zero-order valence-corrected chi connectivity index (χ0v) is 9.94. The van der Waals surface area contributed by atoms with Crippen LogP contribution in [0.1, 0.15) is 22.3 Å². The van der Waals surface area contributed by atoms with Crippen molar-refractivity contribution in [2.75, 3.05) is 13.1 Å². The maximum absolute atomic E-state index is 13.1. The molecule has 0 aliphatic rings. The predicted molar refractivity (Wildman–Crippen MR) is 64.4 cm³/mol. The summed E-state index contributed by atoms with van der Waals surface area (Å²) in [5.41, 5.74) is 6.16. The van der Waals surface area contributed by atoms with Gasteiger partial charge in [-0.1, -0.05) is 6.07 Å². The zero-order chi connectivity index (χ0) is 11.3. The molecule has 1 rings (SSSR count). The molecular formula is C11H16ClFN2O. The van der Waals surface area contributed by atoms with E-state index in [0.717, 1.165) is 6.42 Å². The summed E-state index contributed by atoms with van der Waals surface area (Å²) in [7, 11) is 0. The number of aryl methyl sites for hydroxylation is 1. The van der Waals surface area contributed by atoms with Crippen LogP contribution in [0, 0.1) is 12.7 Å². The molecule has 16 heavy (non-hydrogen) atoms. The number of benzene rings is 1. The van der Waals surface area contributed by atoms with Gasteiger partial charge in [-0.3, -0.25) is 4.79 Å². The van der Waals surface area contributed by atoms with E-state index < -0.39 is 0 Å². The molecule has 0 unspecified atom stereocenters. The van der Waals surface area contributed by atoms with Crippen LogP contribution in [0.5, 0.6) is 0 Å². The van der Waals surface area contributed by atoms with Gasteiger partial charge in [-0.2, -0.15) is 0 Å². The maximum Gasteiger partial charge on any atom is 0.251 e. The van der Waals surface area contributed by atoms with Crippen molar-refractivity contribution in [2.45, 2.75) is 13.3 Å². The lowest BCUT2D eigenvalue weighted by atomic mass is 10.1. The lowest BCUT2D eigenvalue weighted by molar-refractivity contribution is 0.0953. The van der Waals surface area contributed by atoms with Crippen molar-refractivity contribution in [3.05, 3.63) is 35.1 Å². The molecule has 5 heteroatoms. The smallest absolute Gasteiger partial charge is 0.251 e. The van der Waals surface area contributed by atoms with Crippen LogP contribution >= 0.6 is 12.4 Å². The Balaban J connectivity index is 0.00000225. The molecule has 0 atom stereocenters. The van der Waals surface area contributed by atoms with Gasteiger partial charge in [0.2, 0.25) is 0 Å². The average molecular weight is 247 g/mol. The third-order valence-electron chi connectivity index (χ3n) is 2.10. The van der Waals surface area contributed by atoms with E-state index in [2.05, 4.69) is 5.32 Å². The van der Waals surface area contributed by atoms with Gasteiger partial charge in [-0.05, 0) is 37.6 Å². The monoisotopic (exact) mass is 246 g/mol. The van der Waals surface area contributed by atoms with Gasteiger partial charge in [0.15, 0.2) is 0 Å². The maximum atomic E-state index is 13.1. The second-order valence-electron chi connectivity index (χ2n) is 3.36. The van der Waals surface area contributed by atoms with Crippen molar-refractivity contribution in [2.24, 2.45) is 5.73 Å². The molecule has 3 nitrogen and oxygen atoms in total. The first-order valence-corrected chi connectivity index (χ1v) is 4.89. The van der Waals surface area contributed by atoms with Crippen molar-refractivity contribution >= 4 is 18.3 Å². The minimum atomic E-state index is -0.360. The summed E-state index contributed by atoms with van der Waals surface area (Å²) in [6, 6.07) is 4.44. The van der Waals surface area contributed by atoms with E-state index >= 15 is 0 Å². The van der Waals surface area contributed by atoms with Gasteiger partial charge < -0.3 is 11.1 Å². The second kappa shape index (κ2) is 7.19. The highest BCUT2D eigenvalue weighted by atomic mass is 35.5. The van der Waals surface area contributed by atoms with Crippen LogP contribution in [0.25, 0.3) is 0 Å². The summed E-state index contributed by atoms with van der Waals surface area (Å²) in [6.07, 6.45) is 0.722. The molecule has 0 saturated heterocycles. The number of halogens is 2. The summed E-state index contributed by atoms with van der Waals surface area (Å²) >= 11 is 0. The molecule has 1 aromatic rings. The Labute approximate surface area is 101 Å². The number of carbonyl (C=O) groups is 1. The van der Waals surface area contributed by atoms with Crippen LogP contribution in [-0.2, 0) is 0 Å². The quantitative estimate of drug-likeness (QED) is 0.794. The Morgan fingerprint density at radius 2 is 2.19 bits per heavy atom. The SMILES string of the molecule is Cc1ccc(C(=O)NCCCN)cc1F.Cl. The molecule has 3 N–H and O–H groups in total. The molecule has 0 spiro atoms. The van der Waals surface area contributed by atoms with E-state index in [1.165, 1.54) is 6.07 Å². The Bertz CT molecular complexity index is 358. The topological polar surface area (TPSA) is 55.1 Å². The van der Waals surface area contributed by atoms with Crippen molar-refractivity contribution in [3.63, 3.8) is 0 Å². The Morgan fingerprint density at radius 3 is 2.75 bits per heavy atom. The second-order valence-corrected chi connectivity index (χ2v) is 3.36. The standard InChI is InChI=1S/C11H15FN2O.ClH/c1-8-3-4-9(7-10(8)12)11(15)14-6-2-5-13;/h3-4,7H,2,5-6,13H2,1H3,(H,14,15);1H. The summed E-state index contributed by atoms with van der Waals surface area (Å²) in [5.74, 6) is -0.621. The number of rotatable bonds is 4. The summed E-state index contributed by atoms with van der Waals surface area (Å²) in [6.45, 7) is 2.71. The minimum absolute atomic E-state index is 0. The van der Waals surface area contributed by atoms with Crippen LogP contribution in [0.4, 0.5) is 4.39 Å². The largest absolute Gasteiger partial charge is 0.352 e. The fourth-order valence-electron chi connectivity index (χ4n) is 1.14. The molecule has 1 aromatic carbocycles. The van der Waals surface area contributed by atoms with Gasteiger partial charge in [0, 0.05) is 12.1 Å². The normalized spacial score (nSPS) is 9.44. The molecule has 0 fully saturated rings. The van der Waals surface area contributed by atoms with Gasteiger partial charge in [0.25, 0.3) is 5.91 Å². The van der Waals surface area contributed by atoms with E-state index in [9.17, 15) is 9.18 Å². The van der Waals surface area contributed by atoms with Gasteiger partial charge >= 0.3 is 0 Å². The van der Waals surface area contributed by atoms with Gasteiger partial charge in [0.05, 0.1) is 0 Å². The van der Waals surface area contributed by atoms with Crippen LogP contribution < -0.4 is 11.1 Å². The van der Waals surface area contributed by atoms with Crippen LogP contribution in [-0.4, -0.2) is 19.0 Å². The highest BCUT2D eigenvalue weighted by Crippen LogP contribution is 2.08. The van der Waals surface area contributed by atoms with Gasteiger partial charge in [0.1, 0.15) is 5.82 Å². The van der Waals surface area contributed by atoms with Crippen molar-refractivity contribution in [3.8, 4) is 0 Å². The average Bonchev–Trinajstić information content (AvgIpc) is 2.22. The Hall–Kier alpha value is -1.13. The number of nitrogens with one attached hydrogen (secondary N) is 1. The zero-order valence-electron chi connectivity index (χ0n) is 9.13. The molecule has 90 valence electrons. The summed E-state index contributed by atoms with van der Waals surface area (Å²) < 4.78 is 13.1. The van der Waals surface area contributed by atoms with Gasteiger partial charge in [-0.25, -0.2) is 4.39 Å². The third-order valence-corrected chi connectivity index (χ3v) is 2.10. The number of carbonyl (C=O) groups excluding carboxylic acids is 1. The van der Waals surface area contributed by atoms with Crippen molar-refractivity contribution in [1.29, 1.82) is 0 Å². The highest BCUT2D eigenvalue weighted by Gasteiger charge is 2.06. The van der Waals surface area contributed by atoms with Crippen molar-refractivity contribution in [1.82, 2.24) is 5.32 Å². The van der Waals surface area contributed by atoms with Crippen LogP contribution in [0.2, 0.25) is 0 Å². The lowest BCUT2D eigenvalue weighted by Crippen LogP contribution is -2.26. The van der Waals surface area contributed by atoms with Crippen LogP contribution in [0.15, 0.2) is 18.2 Å². The lowest BCUT2D eigenvalue weighted by Gasteiger charge is -2.05. The van der Waals surface area contributed by atoms with E-state index in [4.69, 9.17) is 5.73 Å². The van der Waals surface area contributed by atoms with E-state index in [1.807, 2.05) is 0 Å². The van der Waals surface area contributed by atoms with Crippen LogP contribution in [0.3, 0.4) is 0 Å². The number of amides is 1. The molecule has 0 aliphatic carbocycles. The first-order valence-electron chi connectivity index (χ1n) is 4.89. The third kappa shape index (κ3) is 4.16. The van der Waals surface area contributed by atoms with E-state index in [0.29, 0.717) is 24.2 Å². The molecule has 0 heterocycles. The fraction of sp³-hybridized carbons (Fsp3) is 0.364. The van der Waals surface area contributed by atoms with E-state index in [1.54, 1.807) is 19.1 Å². The highest BCUT2D eigenvalue weighted by molar-refractivity contribution is 5.94. The Kier molecular flexibility index (Phi) is 6.69. The molecule has 0 aliphatic heterocycles. The van der Waals surface area contributed by atoms with E-state index in [-0.39, 0.29) is 24.1 Å². The summed E-state index contributed by atoms with van der Waals surface area (Å²) in [4.78, 5) is 11.5. The molecule has 0 bridgehead atoms. The first-order chi connectivity index (χ1) is 7.15. The molecule has 0 aromatic heterocycles. The minimum Gasteiger partial charge on any atom is -0.352 e. The van der Waals surface area contributed by atoms with Crippen molar-refractivity contribution < 1.29 is 9.18 Å². The number of nitrogens with two attached hydrogens (primary N) is 1. The fourth-order valence-corrected chi connectivity index (χ4v) is 1.14. The number of hydrogen-bond donors (Lipinski definition) is 2. The molecule has 0 saturated carbocycles. The molecule has 1 amide bonds.